The van der Waals surface area contributed by atoms with Gasteiger partial charge in [0.1, 0.15) is 0 Å². The van der Waals surface area contributed by atoms with Crippen LogP contribution in [0.15, 0.2) is 0 Å². The van der Waals surface area contributed by atoms with Crippen LogP contribution >= 0.6 is 0 Å². The Labute approximate surface area is 86.2 Å². The molecule has 0 unspecified atom stereocenters. The van der Waals surface area contributed by atoms with Crippen molar-refractivity contribution in [2.24, 2.45) is 5.92 Å². The molecule has 3 nitrogen and oxygen atoms in total. The van der Waals surface area contributed by atoms with Crippen LogP contribution in [0, 0.1) is 5.92 Å². The number of hydrogen-bond donors (Lipinski definition) is 1. The number of carbonyl (C=O) groups excluding carboxylic acids is 1. The molecule has 82 valence electrons. The molecule has 2 atom stereocenters. The Balaban J connectivity index is 2.34. The van der Waals surface area contributed by atoms with Crippen molar-refractivity contribution in [3.05, 3.63) is 0 Å². The van der Waals surface area contributed by atoms with Crippen molar-refractivity contribution in [1.29, 1.82) is 0 Å². The van der Waals surface area contributed by atoms with Gasteiger partial charge >= 0.3 is 0 Å². The first-order valence-corrected chi connectivity index (χ1v) is 5.46. The van der Waals surface area contributed by atoms with Gasteiger partial charge in [-0.25, -0.2) is 0 Å². The molecule has 0 aromatic rings. The number of rotatable bonds is 3. The smallest absolute Gasteiger partial charge is 0.222 e. The van der Waals surface area contributed by atoms with E-state index < -0.39 is 0 Å². The molecule has 0 aromatic carbocycles. The number of amides is 1. The molecular formula is C11H21NO2. The number of carbonyl (C=O) groups is 1. The molecule has 1 saturated carbocycles. The molecule has 0 aliphatic heterocycles. The van der Waals surface area contributed by atoms with Gasteiger partial charge in [-0.15, -0.1) is 0 Å². The maximum atomic E-state index is 11.5. The zero-order valence-electron chi connectivity index (χ0n) is 9.38. The Bertz CT molecular complexity index is 192. The van der Waals surface area contributed by atoms with Crippen LogP contribution in [-0.2, 0) is 9.53 Å². The van der Waals surface area contributed by atoms with Gasteiger partial charge in [-0.3, -0.25) is 4.79 Å². The summed E-state index contributed by atoms with van der Waals surface area (Å²) in [4.78, 5) is 11.5. The highest BCUT2D eigenvalue weighted by Crippen LogP contribution is 2.20. The van der Waals surface area contributed by atoms with Crippen molar-refractivity contribution in [3.8, 4) is 0 Å². The van der Waals surface area contributed by atoms with E-state index in [2.05, 4.69) is 5.32 Å². The highest BCUT2D eigenvalue weighted by atomic mass is 16.5. The fraction of sp³-hybridized carbons (Fsp3) is 0.909. The van der Waals surface area contributed by atoms with E-state index in [1.54, 1.807) is 7.11 Å². The largest absolute Gasteiger partial charge is 0.381 e. The van der Waals surface area contributed by atoms with Crippen molar-refractivity contribution in [2.75, 3.05) is 7.11 Å². The molecule has 1 fully saturated rings. The van der Waals surface area contributed by atoms with Gasteiger partial charge in [0.15, 0.2) is 0 Å². The molecule has 0 radical (unpaired) electrons. The molecule has 1 amide bonds. The summed E-state index contributed by atoms with van der Waals surface area (Å²) in [6, 6.07) is 0.323. The normalized spacial score (nSPS) is 27.7. The summed E-state index contributed by atoms with van der Waals surface area (Å²) in [6.45, 7) is 3.85. The predicted octanol–water partition coefficient (Wildman–Crippen LogP) is 1.72. The Morgan fingerprint density at radius 2 is 2.14 bits per heavy atom. The van der Waals surface area contributed by atoms with E-state index in [1.165, 1.54) is 0 Å². The second kappa shape index (κ2) is 5.35. The van der Waals surface area contributed by atoms with E-state index in [-0.39, 0.29) is 11.8 Å². The minimum absolute atomic E-state index is 0.0814. The van der Waals surface area contributed by atoms with Crippen LogP contribution in [0.1, 0.15) is 39.5 Å². The van der Waals surface area contributed by atoms with Gasteiger partial charge in [0.25, 0.3) is 0 Å². The monoisotopic (exact) mass is 199 g/mol. The SMILES string of the molecule is CO[C@H]1CCC[C@@H](NC(=O)C(C)C)C1. The van der Waals surface area contributed by atoms with E-state index in [1.807, 2.05) is 13.8 Å². The fourth-order valence-corrected chi connectivity index (χ4v) is 1.86. The first-order valence-electron chi connectivity index (χ1n) is 5.46. The van der Waals surface area contributed by atoms with E-state index in [4.69, 9.17) is 4.74 Å². The van der Waals surface area contributed by atoms with Crippen LogP contribution in [0.2, 0.25) is 0 Å². The molecule has 0 spiro atoms. The molecule has 0 saturated heterocycles. The number of ether oxygens (including phenoxy) is 1. The third-order valence-electron chi connectivity index (χ3n) is 2.83. The summed E-state index contributed by atoms with van der Waals surface area (Å²) in [5, 5.41) is 3.06. The molecule has 0 heterocycles. The lowest BCUT2D eigenvalue weighted by atomic mass is 9.92. The lowest BCUT2D eigenvalue weighted by Gasteiger charge is -2.29. The molecular weight excluding hydrogens is 178 g/mol. The zero-order chi connectivity index (χ0) is 10.6. The second-order valence-corrected chi connectivity index (χ2v) is 4.38. The molecule has 3 heteroatoms. The van der Waals surface area contributed by atoms with Crippen LogP contribution in [-0.4, -0.2) is 25.2 Å². The standard InChI is InChI=1S/C11H21NO2/c1-8(2)11(13)12-9-5-4-6-10(7-9)14-3/h8-10H,4-7H2,1-3H3,(H,12,13)/t9-,10+/m1/s1. The van der Waals surface area contributed by atoms with Gasteiger partial charge in [-0.2, -0.15) is 0 Å². The zero-order valence-corrected chi connectivity index (χ0v) is 9.38. The quantitative estimate of drug-likeness (QED) is 0.751. The third-order valence-corrected chi connectivity index (χ3v) is 2.83. The Hall–Kier alpha value is -0.570. The first-order chi connectivity index (χ1) is 6.63. The minimum Gasteiger partial charge on any atom is -0.381 e. The minimum atomic E-state index is 0.0814. The summed E-state index contributed by atoms with van der Waals surface area (Å²) < 4.78 is 5.31. The predicted molar refractivity (Wildman–Crippen MR) is 56.0 cm³/mol. The fourth-order valence-electron chi connectivity index (χ4n) is 1.86. The Kier molecular flexibility index (Phi) is 4.39. The molecule has 1 aliphatic carbocycles. The van der Waals surface area contributed by atoms with Crippen LogP contribution in [0.5, 0.6) is 0 Å². The van der Waals surface area contributed by atoms with Crippen molar-refractivity contribution in [3.63, 3.8) is 0 Å². The molecule has 1 rings (SSSR count). The Morgan fingerprint density at radius 1 is 1.43 bits per heavy atom. The van der Waals surface area contributed by atoms with Gasteiger partial charge in [0.2, 0.25) is 5.91 Å². The van der Waals surface area contributed by atoms with E-state index in [0.717, 1.165) is 25.7 Å². The lowest BCUT2D eigenvalue weighted by molar-refractivity contribution is -0.125. The van der Waals surface area contributed by atoms with E-state index >= 15 is 0 Å². The Morgan fingerprint density at radius 3 is 2.71 bits per heavy atom. The van der Waals surface area contributed by atoms with E-state index in [9.17, 15) is 4.79 Å². The molecule has 0 bridgehead atoms. The van der Waals surface area contributed by atoms with Crippen molar-refractivity contribution in [2.45, 2.75) is 51.7 Å². The van der Waals surface area contributed by atoms with Gasteiger partial charge in [-0.1, -0.05) is 13.8 Å². The molecule has 1 aliphatic rings. The molecule has 14 heavy (non-hydrogen) atoms. The van der Waals surface area contributed by atoms with Crippen molar-refractivity contribution in [1.82, 2.24) is 5.32 Å². The number of hydrogen-bond acceptors (Lipinski definition) is 2. The highest BCUT2D eigenvalue weighted by Gasteiger charge is 2.23. The van der Waals surface area contributed by atoms with E-state index in [0.29, 0.717) is 12.1 Å². The topological polar surface area (TPSA) is 38.3 Å². The van der Waals surface area contributed by atoms with Gasteiger partial charge < -0.3 is 10.1 Å². The van der Waals surface area contributed by atoms with Gasteiger partial charge in [0.05, 0.1) is 6.10 Å². The summed E-state index contributed by atoms with van der Waals surface area (Å²) in [7, 11) is 1.75. The molecule has 0 aromatic heterocycles. The second-order valence-electron chi connectivity index (χ2n) is 4.38. The maximum absolute atomic E-state index is 11.5. The average molecular weight is 199 g/mol. The summed E-state index contributed by atoms with van der Waals surface area (Å²) in [5.74, 6) is 0.240. The average Bonchev–Trinajstić information content (AvgIpc) is 2.18. The van der Waals surface area contributed by atoms with Gasteiger partial charge in [0, 0.05) is 19.1 Å². The van der Waals surface area contributed by atoms with Crippen LogP contribution in [0.25, 0.3) is 0 Å². The summed E-state index contributed by atoms with van der Waals surface area (Å²) in [6.07, 6.45) is 4.68. The number of nitrogens with one attached hydrogen (secondary N) is 1. The van der Waals surface area contributed by atoms with Crippen LogP contribution in [0.3, 0.4) is 0 Å². The summed E-state index contributed by atoms with van der Waals surface area (Å²) >= 11 is 0. The first kappa shape index (κ1) is 11.5. The van der Waals surface area contributed by atoms with Crippen molar-refractivity contribution >= 4 is 5.91 Å². The molecule has 1 N–H and O–H groups in total. The van der Waals surface area contributed by atoms with Crippen LogP contribution in [0.4, 0.5) is 0 Å². The maximum Gasteiger partial charge on any atom is 0.222 e. The van der Waals surface area contributed by atoms with Gasteiger partial charge in [-0.05, 0) is 25.7 Å². The summed E-state index contributed by atoms with van der Waals surface area (Å²) in [5.41, 5.74) is 0. The van der Waals surface area contributed by atoms with Crippen LogP contribution < -0.4 is 5.32 Å². The number of methoxy groups -OCH3 is 1. The third kappa shape index (κ3) is 3.29. The lowest BCUT2D eigenvalue weighted by Crippen LogP contribution is -2.41. The van der Waals surface area contributed by atoms with Crippen molar-refractivity contribution < 1.29 is 9.53 Å². The highest BCUT2D eigenvalue weighted by molar-refractivity contribution is 5.78.